The first-order valence-corrected chi connectivity index (χ1v) is 19.3. The molecule has 0 saturated heterocycles. The second kappa shape index (κ2) is 15.6. The first-order chi connectivity index (χ1) is 26.2. The number of rotatable bonds is 2. The Bertz CT molecular complexity index is 2270. The fourth-order valence-electron chi connectivity index (χ4n) is 7.99. The average Bonchev–Trinajstić information content (AvgIpc) is 3.20. The lowest BCUT2D eigenvalue weighted by Crippen LogP contribution is -2.41. The van der Waals surface area contributed by atoms with E-state index in [4.69, 9.17) is 0 Å². The molecule has 6 heteroatoms. The van der Waals surface area contributed by atoms with E-state index in [-0.39, 0.29) is 23.6 Å². The van der Waals surface area contributed by atoms with Gasteiger partial charge in [-0.05, 0) is 107 Å². The van der Waals surface area contributed by atoms with Crippen LogP contribution in [-0.2, 0) is 0 Å². The Morgan fingerprint density at radius 2 is 0.537 bits per heavy atom. The van der Waals surface area contributed by atoms with Crippen molar-refractivity contribution < 1.29 is 19.2 Å². The zero-order valence-electron chi connectivity index (χ0n) is 33.6. The number of carbonyl (C=O) groups is 4. The number of hydrogen-bond acceptors (Lipinski definition) is 4. The van der Waals surface area contributed by atoms with Crippen LogP contribution in [-0.4, -0.2) is 23.6 Å². The molecule has 7 aromatic carbocycles. The van der Waals surface area contributed by atoms with E-state index in [0.717, 1.165) is 54.6 Å². The van der Waals surface area contributed by atoms with Gasteiger partial charge < -0.3 is 0 Å². The summed E-state index contributed by atoms with van der Waals surface area (Å²) < 4.78 is 0. The molecule has 0 bridgehead atoms. The summed E-state index contributed by atoms with van der Waals surface area (Å²) in [6.07, 6.45) is 0. The van der Waals surface area contributed by atoms with Crippen LogP contribution in [0.1, 0.15) is 119 Å². The maximum Gasteiger partial charge on any atom is 0.266 e. The van der Waals surface area contributed by atoms with Crippen molar-refractivity contribution in [2.24, 2.45) is 0 Å². The van der Waals surface area contributed by atoms with E-state index in [9.17, 15) is 19.2 Å². The summed E-state index contributed by atoms with van der Waals surface area (Å²) in [7, 11) is 0. The summed E-state index contributed by atoms with van der Waals surface area (Å²) in [4.78, 5) is 59.1. The number of amides is 4. The number of para-hydroxylation sites is 2. The van der Waals surface area contributed by atoms with Crippen molar-refractivity contribution >= 4 is 78.1 Å². The third-order valence-corrected chi connectivity index (χ3v) is 9.96. The van der Waals surface area contributed by atoms with Crippen LogP contribution >= 0.6 is 0 Å². The first-order valence-electron chi connectivity index (χ1n) is 19.3. The number of carbonyl (C=O) groups excluding carboxylic acids is 4. The maximum atomic E-state index is 14.1. The molecule has 0 aliphatic carbocycles. The lowest BCUT2D eigenvalue weighted by Gasteiger charge is -2.31. The minimum Gasteiger partial charge on any atom is -0.268 e. The van der Waals surface area contributed by atoms with E-state index in [1.54, 1.807) is 24.3 Å². The number of benzene rings is 7. The minimum absolute atomic E-state index is 0.350. The molecule has 0 aromatic heterocycles. The van der Waals surface area contributed by atoms with Crippen LogP contribution in [0.4, 0.5) is 11.4 Å². The zero-order chi connectivity index (χ0) is 39.8. The van der Waals surface area contributed by atoms with Crippen molar-refractivity contribution in [3.05, 3.63) is 129 Å². The summed E-state index contributed by atoms with van der Waals surface area (Å²) in [5.41, 5.74) is 6.53. The number of fused-ring (bicyclic) bond motifs is 2. The summed E-state index contributed by atoms with van der Waals surface area (Å²) in [5, 5.41) is 6.41. The van der Waals surface area contributed by atoms with E-state index < -0.39 is 0 Å². The summed E-state index contributed by atoms with van der Waals surface area (Å²) in [6.45, 7) is 23.6. The number of hydrogen-bond donors (Lipinski definition) is 0. The summed E-state index contributed by atoms with van der Waals surface area (Å²) >= 11 is 0. The standard InChI is InChI=1S/C40H26N2O4.4C2H6/c1-19-7-5-8-20(2)35(19)41-37(43)27-15-11-23-25-13-17-29-34-30(40(46)42(39(29)45)36-21(3)9-6-10-22(36)4)18-14-26(32(25)34)24-12-16-28(38(41)44)33(27)31(23)24;4*1-2/h5-18H,1-4H3;4*1-2H3. The van der Waals surface area contributed by atoms with Gasteiger partial charge in [0, 0.05) is 33.0 Å². The molecule has 2 heterocycles. The second-order valence-electron chi connectivity index (χ2n) is 12.5. The fraction of sp³-hybridized carbons (Fsp3) is 0.250. The summed E-state index contributed by atoms with van der Waals surface area (Å²) in [6, 6.07) is 26.4. The van der Waals surface area contributed by atoms with Crippen LogP contribution in [0, 0.1) is 27.7 Å². The van der Waals surface area contributed by atoms with Crippen molar-refractivity contribution in [1.82, 2.24) is 0 Å². The molecule has 0 saturated carbocycles. The Morgan fingerprint density at radius 3 is 0.759 bits per heavy atom. The molecule has 54 heavy (non-hydrogen) atoms. The molecule has 0 radical (unpaired) electrons. The Labute approximate surface area is 318 Å². The van der Waals surface area contributed by atoms with Crippen LogP contribution in [0.25, 0.3) is 43.1 Å². The van der Waals surface area contributed by atoms with Gasteiger partial charge in [-0.3, -0.25) is 19.2 Å². The van der Waals surface area contributed by atoms with Gasteiger partial charge in [-0.25, -0.2) is 9.80 Å². The van der Waals surface area contributed by atoms with Crippen LogP contribution in [0.3, 0.4) is 0 Å². The van der Waals surface area contributed by atoms with Crippen molar-refractivity contribution in [1.29, 1.82) is 0 Å². The molecule has 9 rings (SSSR count). The van der Waals surface area contributed by atoms with Gasteiger partial charge in [0.2, 0.25) is 0 Å². The van der Waals surface area contributed by atoms with Crippen LogP contribution in [0.5, 0.6) is 0 Å². The molecule has 0 N–H and O–H groups in total. The van der Waals surface area contributed by atoms with E-state index in [1.807, 2.05) is 144 Å². The predicted octanol–water partition coefficient (Wildman–Crippen LogP) is 12.7. The Morgan fingerprint density at radius 1 is 0.315 bits per heavy atom. The van der Waals surface area contributed by atoms with E-state index in [2.05, 4.69) is 0 Å². The monoisotopic (exact) mass is 718 g/mol. The highest BCUT2D eigenvalue weighted by molar-refractivity contribution is 6.45. The van der Waals surface area contributed by atoms with Crippen molar-refractivity contribution in [2.45, 2.75) is 83.1 Å². The number of imide groups is 2. The van der Waals surface area contributed by atoms with Gasteiger partial charge in [0.1, 0.15) is 0 Å². The topological polar surface area (TPSA) is 74.8 Å². The summed E-state index contributed by atoms with van der Waals surface area (Å²) in [5.74, 6) is -1.40. The Balaban J connectivity index is 0.000000660. The smallest absolute Gasteiger partial charge is 0.266 e. The molecular weight excluding hydrogens is 669 g/mol. The van der Waals surface area contributed by atoms with Crippen LogP contribution < -0.4 is 9.80 Å². The number of nitrogens with zero attached hydrogens (tertiary/aromatic N) is 2. The Hall–Kier alpha value is -5.88. The molecule has 4 amide bonds. The maximum absolute atomic E-state index is 14.1. The molecule has 0 spiro atoms. The van der Waals surface area contributed by atoms with E-state index in [1.165, 1.54) is 9.80 Å². The van der Waals surface area contributed by atoms with Crippen LogP contribution in [0.2, 0.25) is 0 Å². The molecular formula is C48H50N2O4. The number of aryl methyl sites for hydroxylation is 4. The van der Waals surface area contributed by atoms with Crippen LogP contribution in [0.15, 0.2) is 84.9 Å². The quantitative estimate of drug-likeness (QED) is 0.101. The van der Waals surface area contributed by atoms with Crippen molar-refractivity contribution in [3.8, 4) is 0 Å². The molecule has 0 atom stereocenters. The first kappa shape index (κ1) is 39.3. The van der Waals surface area contributed by atoms with E-state index in [0.29, 0.717) is 44.4 Å². The SMILES string of the molecule is CC.CC.CC.CC.Cc1cccc(C)c1N1C(=O)c2ccc3c4ccc5c6c(ccc(c7ccc(c2c37)C1=O)c64)C(=O)N(c1c(C)cccc1C)C5=O. The molecule has 276 valence electrons. The zero-order valence-corrected chi connectivity index (χ0v) is 33.6. The number of anilines is 2. The lowest BCUT2D eigenvalue weighted by atomic mass is 9.82. The fourth-order valence-corrected chi connectivity index (χ4v) is 7.99. The molecule has 6 nitrogen and oxygen atoms in total. The molecule has 0 fully saturated rings. The third-order valence-electron chi connectivity index (χ3n) is 9.96. The molecule has 7 aromatic rings. The minimum atomic E-state index is -0.350. The normalized spacial score (nSPS) is 12.9. The largest absolute Gasteiger partial charge is 0.268 e. The third kappa shape index (κ3) is 5.55. The molecule has 2 aliphatic heterocycles. The van der Waals surface area contributed by atoms with Crippen molar-refractivity contribution in [3.63, 3.8) is 0 Å². The average molecular weight is 719 g/mol. The van der Waals surface area contributed by atoms with Gasteiger partial charge >= 0.3 is 0 Å². The van der Waals surface area contributed by atoms with Gasteiger partial charge in [0.05, 0.1) is 11.4 Å². The highest BCUT2D eigenvalue weighted by atomic mass is 16.2. The Kier molecular flexibility index (Phi) is 11.4. The highest BCUT2D eigenvalue weighted by Crippen LogP contribution is 2.47. The van der Waals surface area contributed by atoms with E-state index >= 15 is 0 Å². The second-order valence-corrected chi connectivity index (χ2v) is 12.5. The van der Waals surface area contributed by atoms with Gasteiger partial charge in [-0.2, -0.15) is 0 Å². The lowest BCUT2D eigenvalue weighted by molar-refractivity contribution is 0.0877. The van der Waals surface area contributed by atoms with Crippen molar-refractivity contribution in [2.75, 3.05) is 9.80 Å². The van der Waals surface area contributed by atoms with Gasteiger partial charge in [0.25, 0.3) is 23.6 Å². The van der Waals surface area contributed by atoms with Gasteiger partial charge in [-0.1, -0.05) is 116 Å². The van der Waals surface area contributed by atoms with Gasteiger partial charge in [0.15, 0.2) is 0 Å². The van der Waals surface area contributed by atoms with Gasteiger partial charge in [-0.15, -0.1) is 0 Å². The molecule has 2 aliphatic rings. The molecule has 0 unspecified atom stereocenters. The highest BCUT2D eigenvalue weighted by Gasteiger charge is 2.39. The predicted molar refractivity (Wildman–Crippen MR) is 227 cm³/mol.